The third-order valence-corrected chi connectivity index (χ3v) is 4.06. The van der Waals surface area contributed by atoms with Crippen LogP contribution in [0.3, 0.4) is 0 Å². The molecule has 0 aromatic heterocycles. The van der Waals surface area contributed by atoms with Crippen LogP contribution >= 0.6 is 0 Å². The van der Waals surface area contributed by atoms with Crippen LogP contribution in [0, 0.1) is 6.92 Å². The summed E-state index contributed by atoms with van der Waals surface area (Å²) in [5, 5.41) is 0. The van der Waals surface area contributed by atoms with Gasteiger partial charge in [-0.15, -0.1) is 0 Å². The number of hydrogen-bond acceptors (Lipinski definition) is 3. The van der Waals surface area contributed by atoms with E-state index in [-0.39, 0.29) is 32.7 Å². The zero-order valence-electron chi connectivity index (χ0n) is 10.4. The van der Waals surface area contributed by atoms with Crippen molar-refractivity contribution in [1.82, 2.24) is 0 Å². The van der Waals surface area contributed by atoms with Gasteiger partial charge >= 0.3 is 0 Å². The number of anilines is 2. The van der Waals surface area contributed by atoms with E-state index < -0.39 is 11.3 Å². The van der Waals surface area contributed by atoms with Crippen molar-refractivity contribution >= 4 is 22.6 Å². The van der Waals surface area contributed by atoms with E-state index in [9.17, 15) is 8.76 Å². The molecule has 1 aromatic rings. The Morgan fingerprint density at radius 2 is 2.17 bits per heavy atom. The smallest absolute Gasteiger partial charge is 0.0534 e. The molecule has 2 heterocycles. The molecule has 3 rings (SSSR count). The molecule has 1 unspecified atom stereocenters. The average molecular weight is 340 g/mol. The van der Waals surface area contributed by atoms with Gasteiger partial charge in [0.2, 0.25) is 0 Å². The second kappa shape index (κ2) is 5.57. The molecular weight excluding hydrogens is 325 g/mol. The molecule has 2 aliphatic heterocycles. The van der Waals surface area contributed by atoms with Gasteiger partial charge < -0.3 is 14.2 Å². The molecule has 0 spiro atoms. The summed E-state index contributed by atoms with van der Waals surface area (Å²) in [5.41, 5.74) is 5.68. The molecule has 95 valence electrons. The van der Waals surface area contributed by atoms with Crippen molar-refractivity contribution in [2.24, 2.45) is 0 Å². The molecule has 1 aromatic carbocycles. The minimum absolute atomic E-state index is 0. The minimum Gasteiger partial charge on any atom is -0.755 e. The van der Waals surface area contributed by atoms with Gasteiger partial charge in [-0.3, -0.25) is 4.21 Å². The fourth-order valence-electron chi connectivity index (χ4n) is 3.04. The van der Waals surface area contributed by atoms with Crippen molar-refractivity contribution < 1.29 is 41.5 Å². The summed E-state index contributed by atoms with van der Waals surface area (Å²) in [6, 6.07) is 2.12. The maximum Gasteiger partial charge on any atom is 0.0534 e. The maximum absolute atomic E-state index is 10.9. The third kappa shape index (κ3) is 2.38. The molecule has 18 heavy (non-hydrogen) atoms. The first-order valence-electron chi connectivity index (χ1n) is 5.93. The molecule has 2 aliphatic rings. The van der Waals surface area contributed by atoms with Crippen LogP contribution in [0.5, 0.6) is 0 Å². The van der Waals surface area contributed by atoms with Crippen LogP contribution in [0.1, 0.15) is 23.1 Å². The van der Waals surface area contributed by atoms with Crippen molar-refractivity contribution in [3.8, 4) is 0 Å². The van der Waals surface area contributed by atoms with Gasteiger partial charge in [-0.1, -0.05) is 6.07 Å². The van der Waals surface area contributed by atoms with Gasteiger partial charge in [0.25, 0.3) is 0 Å². The predicted molar refractivity (Wildman–Crippen MR) is 68.0 cm³/mol. The third-order valence-electron chi connectivity index (χ3n) is 3.68. The average Bonchev–Trinajstić information content (AvgIpc) is 2.68. The first-order valence-corrected chi connectivity index (χ1v) is 7.00. The number of rotatable bonds is 2. The first-order chi connectivity index (χ1) is 8.16. The summed E-state index contributed by atoms with van der Waals surface area (Å²) in [4.78, 5) is 2.38. The first kappa shape index (κ1) is 14.4. The molecule has 6 heteroatoms. The van der Waals surface area contributed by atoms with E-state index in [4.69, 9.17) is 0 Å². The van der Waals surface area contributed by atoms with Crippen molar-refractivity contribution in [2.75, 3.05) is 22.7 Å². The zero-order valence-corrected chi connectivity index (χ0v) is 14.0. The number of nitrogens with one attached hydrogen (secondary N) is 1. The van der Waals surface area contributed by atoms with Crippen LogP contribution in [0.2, 0.25) is 0 Å². The Labute approximate surface area is 135 Å². The Balaban J connectivity index is 0.00000120. The quantitative estimate of drug-likeness (QED) is 0.831. The van der Waals surface area contributed by atoms with Crippen LogP contribution < -0.4 is 9.62 Å². The summed E-state index contributed by atoms with van der Waals surface area (Å²) in [6.45, 7) is 4.15. The number of benzene rings is 1. The molecule has 1 atom stereocenters. The van der Waals surface area contributed by atoms with E-state index in [0.29, 0.717) is 0 Å². The Morgan fingerprint density at radius 1 is 1.39 bits per heavy atom. The largest absolute Gasteiger partial charge is 0.755 e. The van der Waals surface area contributed by atoms with Crippen molar-refractivity contribution in [3.63, 3.8) is 0 Å². The van der Waals surface area contributed by atoms with Crippen LogP contribution in [0.15, 0.2) is 6.07 Å². The van der Waals surface area contributed by atoms with E-state index in [1.54, 1.807) is 0 Å². The molecule has 4 nitrogen and oxygen atoms in total. The second-order valence-corrected chi connectivity index (χ2v) is 5.41. The molecule has 0 bridgehead atoms. The normalized spacial score (nSPS) is 18.0. The van der Waals surface area contributed by atoms with Crippen LogP contribution in [0.4, 0.5) is 11.4 Å². The minimum atomic E-state index is -2.24. The van der Waals surface area contributed by atoms with Gasteiger partial charge in [0, 0.05) is 68.3 Å². The van der Waals surface area contributed by atoms with E-state index in [1.165, 1.54) is 16.8 Å². The van der Waals surface area contributed by atoms with Gasteiger partial charge in [-0.05, 0) is 37.3 Å². The molecule has 0 amide bonds. The van der Waals surface area contributed by atoms with E-state index in [0.717, 1.165) is 43.6 Å². The Hall–Kier alpha value is 0.0339. The fraction of sp³-hybridized carbons (Fsp3) is 0.500. The summed E-state index contributed by atoms with van der Waals surface area (Å²) < 4.78 is 24.3. The van der Waals surface area contributed by atoms with Gasteiger partial charge in [0.15, 0.2) is 0 Å². The Morgan fingerprint density at radius 3 is 2.89 bits per heavy atom. The van der Waals surface area contributed by atoms with Crippen molar-refractivity contribution in [3.05, 3.63) is 22.8 Å². The molecule has 0 fully saturated rings. The standard InChI is InChI=1S/C12H16N2O2S.Y/c1-8-7-9-4-6-14-5-2-3-10(12(9)14)11(8)13-17(15)16;/h7,13H,2-6H2,1H3,(H,15,16);/p-1. The monoisotopic (exact) mass is 340 g/mol. The zero-order chi connectivity index (χ0) is 12.0. The predicted octanol–water partition coefficient (Wildman–Crippen LogP) is 1.51. The molecule has 0 saturated carbocycles. The number of aryl methyl sites for hydroxylation is 1. The van der Waals surface area contributed by atoms with Gasteiger partial charge in [0.1, 0.15) is 0 Å². The van der Waals surface area contributed by atoms with E-state index in [1.807, 2.05) is 6.92 Å². The maximum atomic E-state index is 10.9. The summed E-state index contributed by atoms with van der Waals surface area (Å²) in [7, 11) is 0. The fourth-order valence-corrected chi connectivity index (χ4v) is 3.49. The summed E-state index contributed by atoms with van der Waals surface area (Å²) in [5.74, 6) is 0. The SMILES string of the molecule is Cc1cc2c3c(c1NS(=O)[O-])CCCN3CC2.[Y]. The van der Waals surface area contributed by atoms with Crippen LogP contribution in [-0.2, 0) is 56.8 Å². The van der Waals surface area contributed by atoms with Crippen molar-refractivity contribution in [1.29, 1.82) is 0 Å². The molecule has 1 N–H and O–H groups in total. The van der Waals surface area contributed by atoms with Crippen LogP contribution in [0.25, 0.3) is 0 Å². The van der Waals surface area contributed by atoms with E-state index >= 15 is 0 Å². The van der Waals surface area contributed by atoms with Crippen molar-refractivity contribution in [2.45, 2.75) is 26.2 Å². The molecule has 0 aliphatic carbocycles. The molecule has 1 radical (unpaired) electrons. The van der Waals surface area contributed by atoms with Gasteiger partial charge in [-0.25, -0.2) is 0 Å². The van der Waals surface area contributed by atoms with Crippen LogP contribution in [-0.4, -0.2) is 21.9 Å². The van der Waals surface area contributed by atoms with Gasteiger partial charge in [-0.2, -0.15) is 0 Å². The van der Waals surface area contributed by atoms with E-state index in [2.05, 4.69) is 15.7 Å². The summed E-state index contributed by atoms with van der Waals surface area (Å²) in [6.07, 6.45) is 3.17. The molecular formula is C12H15N2O2SY-. The second-order valence-electron chi connectivity index (χ2n) is 4.73. The topological polar surface area (TPSA) is 55.4 Å². The molecule has 0 saturated heterocycles. The Kier molecular flexibility index (Phi) is 4.47. The summed E-state index contributed by atoms with van der Waals surface area (Å²) >= 11 is -2.24. The number of nitrogens with zero attached hydrogens (tertiary/aromatic N) is 1. The Bertz CT molecular complexity index is 507. The number of hydrogen-bond donors (Lipinski definition) is 1. The van der Waals surface area contributed by atoms with Gasteiger partial charge in [0.05, 0.1) is 5.69 Å².